The van der Waals surface area contributed by atoms with Crippen molar-refractivity contribution in [3.05, 3.63) is 75.7 Å². The van der Waals surface area contributed by atoms with Crippen LogP contribution in [0.25, 0.3) is 10.9 Å². The van der Waals surface area contributed by atoms with Crippen LogP contribution in [0.4, 0.5) is 0 Å². The highest BCUT2D eigenvalue weighted by atomic mass is 32.2. The number of carbonyl (C=O) groups excluding carboxylic acids is 1. The van der Waals surface area contributed by atoms with Crippen LogP contribution in [0, 0.1) is 11.3 Å². The van der Waals surface area contributed by atoms with Crippen LogP contribution in [0.1, 0.15) is 40.2 Å². The molecule has 1 aromatic carbocycles. The lowest BCUT2D eigenvalue weighted by atomic mass is 10.1. The summed E-state index contributed by atoms with van der Waals surface area (Å²) in [6.45, 7) is -0.0774. The summed E-state index contributed by atoms with van der Waals surface area (Å²) < 4.78 is 34.3. The molecule has 5 rings (SSSR count). The Morgan fingerprint density at radius 2 is 2.03 bits per heavy atom. The monoisotopic (exact) mass is 549 g/mol. The van der Waals surface area contributed by atoms with E-state index < -0.39 is 26.2 Å². The van der Waals surface area contributed by atoms with Crippen molar-refractivity contribution >= 4 is 26.8 Å². The van der Waals surface area contributed by atoms with Gasteiger partial charge in [-0.05, 0) is 36.6 Å². The van der Waals surface area contributed by atoms with Crippen molar-refractivity contribution in [1.29, 1.82) is 5.26 Å². The molecule has 1 aliphatic rings. The first-order chi connectivity index (χ1) is 18.7. The molecule has 15 heteroatoms. The minimum absolute atomic E-state index is 0.0200. The number of aryl methyl sites for hydroxylation is 1. The number of aromatic amines is 1. The molecular weight excluding hydrogens is 526 g/mol. The zero-order valence-corrected chi connectivity index (χ0v) is 21.5. The van der Waals surface area contributed by atoms with E-state index in [1.54, 1.807) is 24.3 Å². The average molecular weight is 550 g/mol. The molecule has 1 fully saturated rings. The molecule has 3 heterocycles. The van der Waals surface area contributed by atoms with Crippen molar-refractivity contribution in [1.82, 2.24) is 40.0 Å². The number of pyridine rings is 1. The van der Waals surface area contributed by atoms with Gasteiger partial charge in [-0.2, -0.15) is 15.5 Å². The summed E-state index contributed by atoms with van der Waals surface area (Å²) in [7, 11) is -2.29. The number of amides is 1. The largest absolute Gasteiger partial charge is 0.473 e. The maximum atomic E-state index is 13.1. The molecule has 3 N–H and O–H groups in total. The zero-order valence-electron chi connectivity index (χ0n) is 20.7. The van der Waals surface area contributed by atoms with Crippen LogP contribution >= 0.6 is 0 Å². The number of nitrogens with one attached hydrogen (secondary N) is 3. The Hall–Kier alpha value is -4.68. The van der Waals surface area contributed by atoms with Gasteiger partial charge in [-0.1, -0.05) is 12.1 Å². The number of H-pyrrole nitrogens is 1. The first-order valence-electron chi connectivity index (χ1n) is 11.8. The molecule has 0 spiro atoms. The summed E-state index contributed by atoms with van der Waals surface area (Å²) in [4.78, 5) is 29.8. The highest BCUT2D eigenvalue weighted by Gasteiger charge is 2.55. The van der Waals surface area contributed by atoms with Crippen LogP contribution in [0.3, 0.4) is 0 Å². The number of carbonyl (C=O) groups is 1. The molecule has 0 aliphatic heterocycles. The normalized spacial score (nSPS) is 14.1. The second-order valence-electron chi connectivity index (χ2n) is 9.10. The molecule has 200 valence electrons. The van der Waals surface area contributed by atoms with Crippen LogP contribution in [0.15, 0.2) is 47.7 Å². The van der Waals surface area contributed by atoms with Gasteiger partial charge in [0.1, 0.15) is 34.6 Å². The second kappa shape index (κ2) is 10.2. The molecule has 3 aromatic heterocycles. The predicted octanol–water partition coefficient (Wildman–Crippen LogP) is 0.279. The molecule has 4 aromatic rings. The summed E-state index contributed by atoms with van der Waals surface area (Å²) in [6.07, 6.45) is 3.45. The van der Waals surface area contributed by atoms with E-state index in [1.807, 2.05) is 6.07 Å². The minimum atomic E-state index is -3.77. The maximum absolute atomic E-state index is 13.1. The molecular formula is C24H23N9O5S. The van der Waals surface area contributed by atoms with Gasteiger partial charge in [-0.25, -0.2) is 18.1 Å². The molecule has 14 nitrogen and oxygen atoms in total. The lowest BCUT2D eigenvalue weighted by molar-refractivity contribution is 0.0949. The SMILES string of the molecule is Cn1c(=O)c(C(=O)NCc2ccc(C#N)cc2)cc2cnnc(OCC3(S(=O)(=O)NCc4ncn[nH]4)CC3)c21. The van der Waals surface area contributed by atoms with E-state index >= 15 is 0 Å². The Labute approximate surface area is 222 Å². The Balaban J connectivity index is 1.32. The maximum Gasteiger partial charge on any atom is 0.263 e. The molecule has 1 saturated carbocycles. The van der Waals surface area contributed by atoms with Gasteiger partial charge in [0.05, 0.1) is 24.4 Å². The smallest absolute Gasteiger partial charge is 0.263 e. The fourth-order valence-electron chi connectivity index (χ4n) is 4.01. The van der Waals surface area contributed by atoms with Gasteiger partial charge >= 0.3 is 0 Å². The molecule has 0 radical (unpaired) electrons. The van der Waals surface area contributed by atoms with E-state index in [2.05, 4.69) is 35.4 Å². The van der Waals surface area contributed by atoms with Crippen molar-refractivity contribution < 1.29 is 17.9 Å². The predicted molar refractivity (Wildman–Crippen MR) is 137 cm³/mol. The van der Waals surface area contributed by atoms with E-state index in [0.717, 1.165) is 5.56 Å². The highest BCUT2D eigenvalue weighted by molar-refractivity contribution is 7.91. The van der Waals surface area contributed by atoms with Gasteiger partial charge in [0.15, 0.2) is 0 Å². The van der Waals surface area contributed by atoms with E-state index in [-0.39, 0.29) is 36.7 Å². The molecule has 0 bridgehead atoms. The third-order valence-electron chi connectivity index (χ3n) is 6.52. The fraction of sp³-hybridized carbons (Fsp3) is 0.292. The van der Waals surface area contributed by atoms with Crippen molar-refractivity contribution in [2.75, 3.05) is 6.61 Å². The van der Waals surface area contributed by atoms with Crippen LogP contribution in [0.2, 0.25) is 0 Å². The van der Waals surface area contributed by atoms with Gasteiger partial charge in [0, 0.05) is 19.0 Å². The van der Waals surface area contributed by atoms with Gasteiger partial charge in [0.2, 0.25) is 10.0 Å². The number of rotatable bonds is 10. The standard InChI is InChI=1S/C24H23N9O5S/c1-33-20-17(8-18(23(33)35)21(34)26-10-16-4-2-15(9-25)3-5-16)11-28-32-22(20)38-13-24(6-7-24)39(36,37)30-12-19-27-14-29-31-19/h2-5,8,11,14,30H,6-7,10,12-13H2,1H3,(H,26,34)(H,27,29,31). The first kappa shape index (κ1) is 25.9. The molecule has 39 heavy (non-hydrogen) atoms. The van der Waals surface area contributed by atoms with Crippen LogP contribution < -0.4 is 20.3 Å². The molecule has 0 unspecified atom stereocenters. The molecule has 1 amide bonds. The van der Waals surface area contributed by atoms with Gasteiger partial charge in [-0.3, -0.25) is 14.7 Å². The van der Waals surface area contributed by atoms with Crippen LogP contribution in [0.5, 0.6) is 5.88 Å². The zero-order chi connectivity index (χ0) is 27.6. The Bertz CT molecular complexity index is 1740. The quantitative estimate of drug-likeness (QED) is 0.247. The molecule has 0 saturated heterocycles. The van der Waals surface area contributed by atoms with Gasteiger partial charge in [0.25, 0.3) is 17.3 Å². The summed E-state index contributed by atoms with van der Waals surface area (Å²) in [5.74, 6) is -0.225. The fourth-order valence-corrected chi connectivity index (χ4v) is 5.50. The third kappa shape index (κ3) is 5.19. The summed E-state index contributed by atoms with van der Waals surface area (Å²) in [6, 6.07) is 10.1. The highest BCUT2D eigenvalue weighted by Crippen LogP contribution is 2.43. The Kier molecular flexibility index (Phi) is 6.81. The van der Waals surface area contributed by atoms with Crippen LogP contribution in [-0.4, -0.2) is 55.6 Å². The van der Waals surface area contributed by atoms with Crippen molar-refractivity contribution in [3.8, 4) is 11.9 Å². The topological polar surface area (TPSA) is 198 Å². The summed E-state index contributed by atoms with van der Waals surface area (Å²) >= 11 is 0. The number of fused-ring (bicyclic) bond motifs is 1. The Morgan fingerprint density at radius 3 is 2.69 bits per heavy atom. The lowest BCUT2D eigenvalue weighted by Crippen LogP contribution is -2.40. The van der Waals surface area contributed by atoms with Gasteiger partial charge in [-0.15, -0.1) is 5.10 Å². The second-order valence-corrected chi connectivity index (χ2v) is 11.3. The summed E-state index contributed by atoms with van der Waals surface area (Å²) in [5.41, 5.74) is 0.860. The lowest BCUT2D eigenvalue weighted by Gasteiger charge is -2.18. The van der Waals surface area contributed by atoms with E-state index in [1.165, 1.54) is 30.2 Å². The van der Waals surface area contributed by atoms with Crippen molar-refractivity contribution in [2.45, 2.75) is 30.7 Å². The number of benzene rings is 1. The first-order valence-corrected chi connectivity index (χ1v) is 13.3. The number of nitrogens with zero attached hydrogens (tertiary/aromatic N) is 6. The van der Waals surface area contributed by atoms with Crippen molar-refractivity contribution in [3.63, 3.8) is 0 Å². The van der Waals surface area contributed by atoms with E-state index in [9.17, 15) is 18.0 Å². The number of aromatic nitrogens is 6. The number of hydrogen-bond acceptors (Lipinski definition) is 10. The minimum Gasteiger partial charge on any atom is -0.473 e. The van der Waals surface area contributed by atoms with Gasteiger partial charge < -0.3 is 14.6 Å². The van der Waals surface area contributed by atoms with Crippen molar-refractivity contribution in [2.24, 2.45) is 7.05 Å². The molecule has 1 aliphatic carbocycles. The van der Waals surface area contributed by atoms with E-state index in [0.29, 0.717) is 29.6 Å². The van der Waals surface area contributed by atoms with Crippen LogP contribution in [-0.2, 0) is 30.2 Å². The average Bonchev–Trinajstić information content (AvgIpc) is 3.57. The number of ether oxygens (including phenoxy) is 1. The van der Waals surface area contributed by atoms with E-state index in [4.69, 9.17) is 10.00 Å². The number of nitriles is 1. The molecule has 0 atom stereocenters. The Morgan fingerprint density at radius 1 is 1.26 bits per heavy atom. The number of sulfonamides is 1. The summed E-state index contributed by atoms with van der Waals surface area (Å²) in [5, 5.41) is 26.2. The number of hydrogen-bond donors (Lipinski definition) is 3. The third-order valence-corrected chi connectivity index (χ3v) is 8.71.